The average Bonchev–Trinajstić information content (AvgIpc) is 3.04. The zero-order valence-corrected chi connectivity index (χ0v) is 17.2. The summed E-state index contributed by atoms with van der Waals surface area (Å²) in [6.45, 7) is 3.32. The Morgan fingerprint density at radius 3 is 2.76 bits per heavy atom. The summed E-state index contributed by atoms with van der Waals surface area (Å²) in [7, 11) is 1.66. The molecule has 2 aromatic rings. The Balaban J connectivity index is 0.00000312. The topological polar surface area (TPSA) is 58.5 Å². The number of nitrogens with zero attached hydrogens (tertiary/aromatic N) is 2. The minimum absolute atomic E-state index is 0. The zero-order valence-electron chi connectivity index (χ0n) is 14.0. The Morgan fingerprint density at radius 2 is 2.12 bits per heavy atom. The van der Waals surface area contributed by atoms with Gasteiger partial charge >= 0.3 is 0 Å². The van der Waals surface area contributed by atoms with Crippen molar-refractivity contribution in [2.45, 2.75) is 19.9 Å². The lowest BCUT2D eigenvalue weighted by molar-refractivity contribution is 0.304. The number of nitrogens with one attached hydrogen (secondary N) is 2. The monoisotopic (exact) mass is 482 g/mol. The number of hydrogen-bond donors (Lipinski definition) is 2. The number of aliphatic imine (C=N–C) groups is 1. The molecule has 0 saturated heterocycles. The SMILES string of the molecule is CCc1cnc(CNC(=NC)NCCOc2ccc(F)cc2F)s1.I. The summed E-state index contributed by atoms with van der Waals surface area (Å²) in [6, 6.07) is 3.22. The summed E-state index contributed by atoms with van der Waals surface area (Å²) >= 11 is 1.66. The molecule has 0 fully saturated rings. The quantitative estimate of drug-likeness (QED) is 0.275. The largest absolute Gasteiger partial charge is 0.489 e. The first kappa shape index (κ1) is 21.6. The van der Waals surface area contributed by atoms with Gasteiger partial charge in [0.2, 0.25) is 0 Å². The van der Waals surface area contributed by atoms with Crippen molar-refractivity contribution in [1.82, 2.24) is 15.6 Å². The number of rotatable bonds is 7. The van der Waals surface area contributed by atoms with Crippen LogP contribution in [0.15, 0.2) is 29.4 Å². The van der Waals surface area contributed by atoms with Gasteiger partial charge in [-0.25, -0.2) is 13.8 Å². The Labute approximate surface area is 166 Å². The van der Waals surface area contributed by atoms with Crippen molar-refractivity contribution >= 4 is 41.3 Å². The Bertz CT molecular complexity index is 697. The second-order valence-corrected chi connectivity index (χ2v) is 6.05. The van der Waals surface area contributed by atoms with Crippen molar-refractivity contribution in [1.29, 1.82) is 0 Å². The number of halogens is 3. The highest BCUT2D eigenvalue weighted by molar-refractivity contribution is 14.0. The Kier molecular flexibility index (Phi) is 9.65. The number of guanidine groups is 1. The molecule has 9 heteroatoms. The summed E-state index contributed by atoms with van der Waals surface area (Å²) in [5.74, 6) is -0.716. The molecule has 138 valence electrons. The smallest absolute Gasteiger partial charge is 0.191 e. The van der Waals surface area contributed by atoms with Crippen molar-refractivity contribution in [3.63, 3.8) is 0 Å². The molecule has 0 bridgehead atoms. The molecule has 2 N–H and O–H groups in total. The first-order chi connectivity index (χ1) is 11.6. The third kappa shape index (κ3) is 7.10. The molecule has 0 atom stereocenters. The van der Waals surface area contributed by atoms with Gasteiger partial charge in [-0.15, -0.1) is 35.3 Å². The average molecular weight is 482 g/mol. The highest BCUT2D eigenvalue weighted by atomic mass is 127. The van der Waals surface area contributed by atoms with Crippen molar-refractivity contribution in [2.75, 3.05) is 20.2 Å². The van der Waals surface area contributed by atoms with Crippen LogP contribution in [0.25, 0.3) is 0 Å². The van der Waals surface area contributed by atoms with E-state index in [9.17, 15) is 8.78 Å². The highest BCUT2D eigenvalue weighted by Gasteiger charge is 2.05. The predicted molar refractivity (Wildman–Crippen MR) is 107 cm³/mol. The molecule has 0 aliphatic rings. The van der Waals surface area contributed by atoms with E-state index in [0.29, 0.717) is 19.0 Å². The fraction of sp³-hybridized carbons (Fsp3) is 0.375. The first-order valence-corrected chi connectivity index (χ1v) is 8.40. The van der Waals surface area contributed by atoms with Crippen LogP contribution >= 0.6 is 35.3 Å². The van der Waals surface area contributed by atoms with E-state index in [4.69, 9.17) is 4.74 Å². The second-order valence-electron chi connectivity index (χ2n) is 4.85. The molecule has 1 heterocycles. The van der Waals surface area contributed by atoms with Crippen molar-refractivity contribution < 1.29 is 13.5 Å². The van der Waals surface area contributed by atoms with Crippen molar-refractivity contribution in [3.8, 4) is 5.75 Å². The molecule has 0 amide bonds. The summed E-state index contributed by atoms with van der Waals surface area (Å²) in [5.41, 5.74) is 0. The normalized spacial score (nSPS) is 11.0. The van der Waals surface area contributed by atoms with Crippen LogP contribution < -0.4 is 15.4 Å². The van der Waals surface area contributed by atoms with Crippen LogP contribution in [0, 0.1) is 11.6 Å². The maximum atomic E-state index is 13.4. The lowest BCUT2D eigenvalue weighted by atomic mass is 10.3. The number of thiazole rings is 1. The van der Waals surface area contributed by atoms with Crippen molar-refractivity contribution in [3.05, 3.63) is 45.9 Å². The molecule has 0 spiro atoms. The van der Waals surface area contributed by atoms with E-state index in [2.05, 4.69) is 27.5 Å². The summed E-state index contributed by atoms with van der Waals surface area (Å²) in [4.78, 5) is 9.66. The van der Waals surface area contributed by atoms with E-state index in [-0.39, 0.29) is 36.3 Å². The number of aromatic nitrogens is 1. The van der Waals surface area contributed by atoms with E-state index < -0.39 is 11.6 Å². The minimum Gasteiger partial charge on any atom is -0.489 e. The summed E-state index contributed by atoms with van der Waals surface area (Å²) in [5, 5.41) is 7.19. The number of aryl methyl sites for hydroxylation is 1. The van der Waals surface area contributed by atoms with Crippen LogP contribution in [0.1, 0.15) is 16.8 Å². The number of hydrogen-bond acceptors (Lipinski definition) is 4. The molecule has 1 aromatic heterocycles. The van der Waals surface area contributed by atoms with Crippen LogP contribution in [-0.4, -0.2) is 31.1 Å². The molecule has 5 nitrogen and oxygen atoms in total. The summed E-state index contributed by atoms with van der Waals surface area (Å²) < 4.78 is 31.5. The van der Waals surface area contributed by atoms with Gasteiger partial charge in [0.1, 0.15) is 17.4 Å². The van der Waals surface area contributed by atoms with Gasteiger partial charge in [-0.1, -0.05) is 6.92 Å². The van der Waals surface area contributed by atoms with E-state index >= 15 is 0 Å². The van der Waals surface area contributed by atoms with Gasteiger partial charge in [-0.05, 0) is 18.6 Å². The van der Waals surface area contributed by atoms with Gasteiger partial charge in [0.05, 0.1) is 13.1 Å². The van der Waals surface area contributed by atoms with Crippen LogP contribution in [0.3, 0.4) is 0 Å². The lowest BCUT2D eigenvalue weighted by Gasteiger charge is -2.12. The van der Waals surface area contributed by atoms with E-state index in [0.717, 1.165) is 23.6 Å². The molecular weight excluding hydrogens is 461 g/mol. The molecule has 2 rings (SSSR count). The minimum atomic E-state index is -0.715. The zero-order chi connectivity index (χ0) is 17.4. The molecule has 0 aliphatic heterocycles. The number of ether oxygens (including phenoxy) is 1. The van der Waals surface area contributed by atoms with Gasteiger partial charge in [0.15, 0.2) is 17.5 Å². The second kappa shape index (κ2) is 11.2. The fourth-order valence-corrected chi connectivity index (χ4v) is 2.70. The Morgan fingerprint density at radius 1 is 1.32 bits per heavy atom. The molecule has 0 unspecified atom stereocenters. The molecule has 25 heavy (non-hydrogen) atoms. The highest BCUT2D eigenvalue weighted by Crippen LogP contribution is 2.17. The molecule has 0 saturated carbocycles. The maximum Gasteiger partial charge on any atom is 0.191 e. The number of benzene rings is 1. The summed E-state index contributed by atoms with van der Waals surface area (Å²) in [6.07, 6.45) is 2.85. The van der Waals surface area contributed by atoms with E-state index in [1.165, 1.54) is 10.9 Å². The van der Waals surface area contributed by atoms with Gasteiger partial charge in [0, 0.05) is 24.2 Å². The van der Waals surface area contributed by atoms with Crippen LogP contribution in [0.4, 0.5) is 8.78 Å². The van der Waals surface area contributed by atoms with Crippen LogP contribution in [0.2, 0.25) is 0 Å². The Hall–Kier alpha value is -1.49. The van der Waals surface area contributed by atoms with Crippen molar-refractivity contribution in [2.24, 2.45) is 4.99 Å². The molecule has 1 aromatic carbocycles. The molecular formula is C16H21F2IN4OS. The fourth-order valence-electron chi connectivity index (χ4n) is 1.90. The standard InChI is InChI=1S/C16H20F2N4OS.HI/c1-3-12-9-21-15(24-12)10-22-16(19-2)20-6-7-23-14-5-4-11(17)8-13(14)18;/h4-5,8-9H,3,6-7,10H2,1-2H3,(H2,19,20,22);1H. The third-order valence-electron chi connectivity index (χ3n) is 3.13. The maximum absolute atomic E-state index is 13.4. The lowest BCUT2D eigenvalue weighted by Crippen LogP contribution is -2.38. The molecule has 0 radical (unpaired) electrons. The van der Waals surface area contributed by atoms with E-state index in [1.54, 1.807) is 18.4 Å². The molecule has 0 aliphatic carbocycles. The predicted octanol–water partition coefficient (Wildman–Crippen LogP) is 3.35. The third-order valence-corrected chi connectivity index (χ3v) is 4.27. The van der Waals surface area contributed by atoms with Gasteiger partial charge in [-0.3, -0.25) is 4.99 Å². The van der Waals surface area contributed by atoms with E-state index in [1.807, 2.05) is 6.20 Å². The van der Waals surface area contributed by atoms with Crippen LogP contribution in [-0.2, 0) is 13.0 Å². The van der Waals surface area contributed by atoms with Gasteiger partial charge in [-0.2, -0.15) is 0 Å². The van der Waals surface area contributed by atoms with Gasteiger partial charge < -0.3 is 15.4 Å². The first-order valence-electron chi connectivity index (χ1n) is 7.58. The van der Waals surface area contributed by atoms with Gasteiger partial charge in [0.25, 0.3) is 0 Å². The van der Waals surface area contributed by atoms with Crippen LogP contribution in [0.5, 0.6) is 5.75 Å².